The summed E-state index contributed by atoms with van der Waals surface area (Å²) >= 11 is 1.54. The van der Waals surface area contributed by atoms with Gasteiger partial charge in [0.2, 0.25) is 17.6 Å². The normalized spacial score (nSPS) is 14.3. The Balaban J connectivity index is 1.75. The van der Waals surface area contributed by atoms with Crippen LogP contribution in [0.3, 0.4) is 0 Å². The molecule has 0 aliphatic heterocycles. The van der Waals surface area contributed by atoms with Crippen molar-refractivity contribution in [1.29, 1.82) is 0 Å². The van der Waals surface area contributed by atoms with Crippen LogP contribution in [0.1, 0.15) is 54.1 Å². The van der Waals surface area contributed by atoms with Gasteiger partial charge in [-0.2, -0.15) is 0 Å². The van der Waals surface area contributed by atoms with Crippen LogP contribution in [0, 0.1) is 0 Å². The number of benzene rings is 2. The van der Waals surface area contributed by atoms with Crippen LogP contribution in [0.15, 0.2) is 60.0 Å². The molecule has 0 radical (unpaired) electrons. The van der Waals surface area contributed by atoms with E-state index in [-0.39, 0.29) is 24.3 Å². The predicted octanol–water partition coefficient (Wildman–Crippen LogP) is 5.58. The van der Waals surface area contributed by atoms with Crippen LogP contribution < -0.4 is 19.5 Å². The van der Waals surface area contributed by atoms with Crippen LogP contribution >= 0.6 is 11.3 Å². The molecule has 1 aliphatic rings. The highest BCUT2D eigenvalue weighted by molar-refractivity contribution is 7.10. The molecule has 0 spiro atoms. The Hall–Kier alpha value is -3.52. The fraction of sp³-hybridized carbons (Fsp3) is 0.419. The largest absolute Gasteiger partial charge is 0.493 e. The molecule has 2 aromatic carbocycles. The van der Waals surface area contributed by atoms with E-state index in [1.54, 1.807) is 49.7 Å². The molecular weight excluding hydrogens is 512 g/mol. The fourth-order valence-electron chi connectivity index (χ4n) is 5.21. The average Bonchev–Trinajstić information content (AvgIpc) is 3.48. The lowest BCUT2D eigenvalue weighted by Crippen LogP contribution is -2.48. The number of rotatable bonds is 12. The SMILES string of the molecule is COc1cc([C@H](C(=O)NC2CCCCC2)N(CCc2ccccc2)C(=O)Cc2cccs2)cc(OC)c1OC. The topological polar surface area (TPSA) is 77.1 Å². The first-order valence-electron chi connectivity index (χ1n) is 13.5. The second-order valence-corrected chi connectivity index (χ2v) is 10.8. The lowest BCUT2D eigenvalue weighted by Gasteiger charge is -2.34. The van der Waals surface area contributed by atoms with Crippen LogP contribution in [0.25, 0.3) is 0 Å². The van der Waals surface area contributed by atoms with E-state index in [4.69, 9.17) is 14.2 Å². The van der Waals surface area contributed by atoms with Crippen LogP contribution in [0.4, 0.5) is 0 Å². The molecule has 1 fully saturated rings. The number of ether oxygens (including phenoxy) is 3. The smallest absolute Gasteiger partial charge is 0.247 e. The Morgan fingerprint density at radius 2 is 1.64 bits per heavy atom. The number of amides is 2. The number of thiophene rings is 1. The molecule has 1 N–H and O–H groups in total. The van der Waals surface area contributed by atoms with Gasteiger partial charge < -0.3 is 24.4 Å². The van der Waals surface area contributed by atoms with Gasteiger partial charge in [-0.3, -0.25) is 9.59 Å². The number of hydrogen-bond donors (Lipinski definition) is 1. The zero-order valence-electron chi connectivity index (χ0n) is 23.0. The van der Waals surface area contributed by atoms with Crippen molar-refractivity contribution < 1.29 is 23.8 Å². The number of nitrogens with zero attached hydrogens (tertiary/aromatic N) is 1. The molecular formula is C31H38N2O5S. The minimum atomic E-state index is -0.864. The van der Waals surface area contributed by atoms with Crippen molar-refractivity contribution in [1.82, 2.24) is 10.2 Å². The highest BCUT2D eigenvalue weighted by atomic mass is 32.1. The van der Waals surface area contributed by atoms with Crippen molar-refractivity contribution in [2.24, 2.45) is 0 Å². The van der Waals surface area contributed by atoms with Crippen molar-refractivity contribution in [3.63, 3.8) is 0 Å². The van der Waals surface area contributed by atoms with Gasteiger partial charge in [0.05, 0.1) is 27.8 Å². The second kappa shape index (κ2) is 14.0. The molecule has 39 heavy (non-hydrogen) atoms. The van der Waals surface area contributed by atoms with E-state index in [0.717, 1.165) is 36.1 Å². The summed E-state index contributed by atoms with van der Waals surface area (Å²) in [6.45, 7) is 0.383. The molecule has 0 unspecified atom stereocenters. The van der Waals surface area contributed by atoms with Crippen molar-refractivity contribution in [2.75, 3.05) is 27.9 Å². The molecule has 1 saturated carbocycles. The lowest BCUT2D eigenvalue weighted by atomic mass is 9.94. The summed E-state index contributed by atoms with van der Waals surface area (Å²) in [5.74, 6) is 1.03. The number of carbonyl (C=O) groups excluding carboxylic acids is 2. The molecule has 2 amide bonds. The lowest BCUT2D eigenvalue weighted by molar-refractivity contribution is -0.140. The summed E-state index contributed by atoms with van der Waals surface area (Å²) in [6.07, 6.45) is 6.11. The van der Waals surface area contributed by atoms with Crippen molar-refractivity contribution in [2.45, 2.75) is 57.0 Å². The third-order valence-corrected chi connectivity index (χ3v) is 8.10. The first kappa shape index (κ1) is 28.5. The van der Waals surface area contributed by atoms with E-state index in [1.807, 2.05) is 47.8 Å². The Labute approximate surface area is 235 Å². The first-order chi connectivity index (χ1) is 19.0. The summed E-state index contributed by atoms with van der Waals surface area (Å²) < 4.78 is 16.8. The standard InChI is InChI=1S/C31H38N2O5S/c1-36-26-19-23(20-27(37-2)30(26)38-3)29(31(35)32-24-13-8-5-9-14-24)33(17-16-22-11-6-4-7-12-22)28(34)21-25-15-10-18-39-25/h4,6-7,10-12,15,18-20,24,29H,5,8-9,13-14,16-17,21H2,1-3H3,(H,32,35)/t29-/m1/s1. The maximum absolute atomic E-state index is 14.1. The number of carbonyl (C=O) groups is 2. The quantitative estimate of drug-likeness (QED) is 0.319. The second-order valence-electron chi connectivity index (χ2n) is 9.78. The van der Waals surface area contributed by atoms with Gasteiger partial charge in [-0.05, 0) is 54.0 Å². The Kier molecular flexibility index (Phi) is 10.3. The third-order valence-electron chi connectivity index (χ3n) is 7.22. The zero-order valence-corrected chi connectivity index (χ0v) is 23.8. The highest BCUT2D eigenvalue weighted by Crippen LogP contribution is 2.41. The molecule has 1 heterocycles. The van der Waals surface area contributed by atoms with E-state index < -0.39 is 6.04 Å². The monoisotopic (exact) mass is 550 g/mol. The average molecular weight is 551 g/mol. The van der Waals surface area contributed by atoms with Crippen molar-refractivity contribution >= 4 is 23.2 Å². The molecule has 7 nitrogen and oxygen atoms in total. The summed E-state index contributed by atoms with van der Waals surface area (Å²) in [4.78, 5) is 30.7. The van der Waals surface area contributed by atoms with E-state index in [0.29, 0.717) is 35.8 Å². The predicted molar refractivity (Wildman–Crippen MR) is 154 cm³/mol. The van der Waals surface area contributed by atoms with Gasteiger partial charge in [-0.15, -0.1) is 11.3 Å². The van der Waals surface area contributed by atoms with Crippen LogP contribution in [-0.2, 0) is 22.4 Å². The van der Waals surface area contributed by atoms with Crippen LogP contribution in [0.5, 0.6) is 17.2 Å². The Morgan fingerprint density at radius 3 is 2.23 bits per heavy atom. The van der Waals surface area contributed by atoms with E-state index in [1.165, 1.54) is 6.42 Å². The number of methoxy groups -OCH3 is 3. The number of hydrogen-bond acceptors (Lipinski definition) is 6. The van der Waals surface area contributed by atoms with Gasteiger partial charge in [-0.1, -0.05) is 55.7 Å². The maximum atomic E-state index is 14.1. The molecule has 4 rings (SSSR count). The maximum Gasteiger partial charge on any atom is 0.247 e. The minimum absolute atomic E-state index is 0.0964. The summed E-state index contributed by atoms with van der Waals surface area (Å²) in [6, 6.07) is 16.7. The van der Waals surface area contributed by atoms with E-state index >= 15 is 0 Å². The van der Waals surface area contributed by atoms with Gasteiger partial charge in [0.25, 0.3) is 0 Å². The van der Waals surface area contributed by atoms with Gasteiger partial charge in [0, 0.05) is 17.5 Å². The third kappa shape index (κ3) is 7.32. The molecule has 0 saturated heterocycles. The molecule has 8 heteroatoms. The molecule has 1 aliphatic carbocycles. The molecule has 0 bridgehead atoms. The van der Waals surface area contributed by atoms with Crippen molar-refractivity contribution in [3.8, 4) is 17.2 Å². The minimum Gasteiger partial charge on any atom is -0.493 e. The van der Waals surface area contributed by atoms with Gasteiger partial charge in [0.1, 0.15) is 6.04 Å². The summed E-state index contributed by atoms with van der Waals surface area (Å²) in [5.41, 5.74) is 1.72. The summed E-state index contributed by atoms with van der Waals surface area (Å²) in [7, 11) is 4.64. The molecule has 1 aromatic heterocycles. The Morgan fingerprint density at radius 1 is 0.949 bits per heavy atom. The molecule has 208 valence electrons. The van der Waals surface area contributed by atoms with Crippen molar-refractivity contribution in [3.05, 3.63) is 76.0 Å². The Bertz CT molecular complexity index is 1180. The molecule has 1 atom stereocenters. The number of nitrogens with one attached hydrogen (secondary N) is 1. The molecule has 3 aromatic rings. The first-order valence-corrected chi connectivity index (χ1v) is 14.4. The fourth-order valence-corrected chi connectivity index (χ4v) is 5.91. The highest BCUT2D eigenvalue weighted by Gasteiger charge is 2.34. The van der Waals surface area contributed by atoms with Gasteiger partial charge >= 0.3 is 0 Å². The van der Waals surface area contributed by atoms with Crippen LogP contribution in [-0.4, -0.2) is 50.6 Å². The van der Waals surface area contributed by atoms with E-state index in [2.05, 4.69) is 5.32 Å². The zero-order chi connectivity index (χ0) is 27.6. The van der Waals surface area contributed by atoms with Crippen LogP contribution in [0.2, 0.25) is 0 Å². The van der Waals surface area contributed by atoms with Gasteiger partial charge in [-0.25, -0.2) is 0 Å². The van der Waals surface area contributed by atoms with Gasteiger partial charge in [0.15, 0.2) is 11.5 Å². The van der Waals surface area contributed by atoms with E-state index in [9.17, 15) is 9.59 Å². The summed E-state index contributed by atoms with van der Waals surface area (Å²) in [5, 5.41) is 5.23.